The maximum absolute atomic E-state index is 12.3. The van der Waals surface area contributed by atoms with Gasteiger partial charge in [-0.3, -0.25) is 4.79 Å². The van der Waals surface area contributed by atoms with Crippen LogP contribution in [0.2, 0.25) is 5.02 Å². The SMILES string of the molecule is COC(=O)c1c(Cl)cc(C(=O)NCc2cccc(O)c2)cc1OC. The van der Waals surface area contributed by atoms with Crippen molar-refractivity contribution >= 4 is 23.5 Å². The van der Waals surface area contributed by atoms with E-state index < -0.39 is 11.9 Å². The molecule has 0 heterocycles. The number of nitrogens with one attached hydrogen (secondary N) is 1. The predicted octanol–water partition coefficient (Wildman–Crippen LogP) is 2.77. The summed E-state index contributed by atoms with van der Waals surface area (Å²) in [6, 6.07) is 9.33. The Morgan fingerprint density at radius 2 is 1.96 bits per heavy atom. The Morgan fingerprint density at radius 1 is 1.21 bits per heavy atom. The summed E-state index contributed by atoms with van der Waals surface area (Å²) in [6.07, 6.45) is 0. The van der Waals surface area contributed by atoms with Crippen molar-refractivity contribution in [3.05, 3.63) is 58.1 Å². The molecule has 0 bridgehead atoms. The van der Waals surface area contributed by atoms with Gasteiger partial charge < -0.3 is 19.9 Å². The van der Waals surface area contributed by atoms with E-state index in [1.54, 1.807) is 24.3 Å². The van der Waals surface area contributed by atoms with Gasteiger partial charge in [0.1, 0.15) is 17.1 Å². The summed E-state index contributed by atoms with van der Waals surface area (Å²) in [7, 11) is 2.60. The Labute approximate surface area is 144 Å². The number of phenolic OH excluding ortho intramolecular Hbond substituents is 1. The molecule has 126 valence electrons. The lowest BCUT2D eigenvalue weighted by atomic mass is 10.1. The third-order valence-electron chi connectivity index (χ3n) is 3.29. The fourth-order valence-corrected chi connectivity index (χ4v) is 2.41. The van der Waals surface area contributed by atoms with Crippen LogP contribution in [0.3, 0.4) is 0 Å². The first kappa shape index (κ1) is 17.6. The van der Waals surface area contributed by atoms with E-state index >= 15 is 0 Å². The molecule has 6 nitrogen and oxygen atoms in total. The zero-order valence-electron chi connectivity index (χ0n) is 13.1. The first-order valence-electron chi connectivity index (χ1n) is 6.98. The van der Waals surface area contributed by atoms with E-state index in [0.29, 0.717) is 0 Å². The normalized spacial score (nSPS) is 10.1. The molecular formula is C17H16ClNO5. The lowest BCUT2D eigenvalue weighted by Gasteiger charge is -2.12. The largest absolute Gasteiger partial charge is 0.508 e. The fourth-order valence-electron chi connectivity index (χ4n) is 2.12. The minimum atomic E-state index is -0.649. The molecule has 1 amide bonds. The highest BCUT2D eigenvalue weighted by Crippen LogP contribution is 2.29. The molecule has 0 aromatic heterocycles. The molecule has 0 aliphatic heterocycles. The second kappa shape index (κ2) is 7.70. The Morgan fingerprint density at radius 3 is 2.58 bits per heavy atom. The fraction of sp³-hybridized carbons (Fsp3) is 0.176. The summed E-state index contributed by atoms with van der Waals surface area (Å²) >= 11 is 6.08. The summed E-state index contributed by atoms with van der Waals surface area (Å²) in [6.45, 7) is 0.228. The van der Waals surface area contributed by atoms with E-state index in [1.807, 2.05) is 0 Å². The third kappa shape index (κ3) is 3.97. The number of hydrogen-bond acceptors (Lipinski definition) is 5. The minimum Gasteiger partial charge on any atom is -0.508 e. The quantitative estimate of drug-likeness (QED) is 0.811. The number of carbonyl (C=O) groups excluding carboxylic acids is 2. The monoisotopic (exact) mass is 349 g/mol. The molecular weight excluding hydrogens is 334 g/mol. The van der Waals surface area contributed by atoms with Crippen molar-refractivity contribution in [1.29, 1.82) is 0 Å². The van der Waals surface area contributed by atoms with Crippen molar-refractivity contribution in [3.8, 4) is 11.5 Å². The second-order valence-electron chi connectivity index (χ2n) is 4.88. The van der Waals surface area contributed by atoms with Gasteiger partial charge >= 0.3 is 5.97 Å². The number of hydrogen-bond donors (Lipinski definition) is 2. The Kier molecular flexibility index (Phi) is 5.65. The number of carbonyl (C=O) groups is 2. The van der Waals surface area contributed by atoms with Crippen LogP contribution in [-0.4, -0.2) is 31.2 Å². The molecule has 2 aromatic carbocycles. The molecule has 0 spiro atoms. The lowest BCUT2D eigenvalue weighted by Crippen LogP contribution is -2.23. The van der Waals surface area contributed by atoms with Crippen LogP contribution in [0, 0.1) is 0 Å². The van der Waals surface area contributed by atoms with E-state index in [2.05, 4.69) is 10.1 Å². The van der Waals surface area contributed by atoms with Crippen LogP contribution in [-0.2, 0) is 11.3 Å². The predicted molar refractivity (Wildman–Crippen MR) is 88.6 cm³/mol. The first-order chi connectivity index (χ1) is 11.5. The molecule has 0 atom stereocenters. The molecule has 24 heavy (non-hydrogen) atoms. The minimum absolute atomic E-state index is 0.0590. The van der Waals surface area contributed by atoms with Crippen LogP contribution in [0.25, 0.3) is 0 Å². The van der Waals surface area contributed by atoms with Gasteiger partial charge in [0.15, 0.2) is 0 Å². The average molecular weight is 350 g/mol. The number of aromatic hydroxyl groups is 1. The van der Waals surface area contributed by atoms with Gasteiger partial charge in [-0.15, -0.1) is 0 Å². The molecule has 2 rings (SSSR count). The summed E-state index contributed by atoms with van der Waals surface area (Å²) in [5.41, 5.74) is 1.04. The average Bonchev–Trinajstić information content (AvgIpc) is 2.58. The van der Waals surface area contributed by atoms with E-state index in [1.165, 1.54) is 26.4 Å². The number of methoxy groups -OCH3 is 2. The molecule has 0 radical (unpaired) electrons. The first-order valence-corrected chi connectivity index (χ1v) is 7.36. The summed E-state index contributed by atoms with van der Waals surface area (Å²) in [5.74, 6) is -0.774. The molecule has 2 N–H and O–H groups in total. The number of esters is 1. The molecule has 0 fully saturated rings. The van der Waals surface area contributed by atoms with Gasteiger partial charge in [-0.05, 0) is 29.8 Å². The lowest BCUT2D eigenvalue weighted by molar-refractivity contribution is 0.0597. The number of ether oxygens (including phenoxy) is 2. The standard InChI is InChI=1S/C17H16ClNO5/c1-23-14-8-11(7-13(18)15(14)17(22)24-2)16(21)19-9-10-4-3-5-12(20)6-10/h3-8,20H,9H2,1-2H3,(H,19,21). The van der Waals surface area contributed by atoms with Gasteiger partial charge in [-0.2, -0.15) is 0 Å². The van der Waals surface area contributed by atoms with Crippen molar-refractivity contribution in [2.75, 3.05) is 14.2 Å². The Balaban J connectivity index is 2.20. The number of amides is 1. The van der Waals surface area contributed by atoms with Crippen LogP contribution in [0.1, 0.15) is 26.3 Å². The molecule has 0 saturated heterocycles. The summed E-state index contributed by atoms with van der Waals surface area (Å²) < 4.78 is 9.77. The maximum atomic E-state index is 12.3. The zero-order chi connectivity index (χ0) is 17.7. The van der Waals surface area contributed by atoms with Crippen molar-refractivity contribution in [2.45, 2.75) is 6.54 Å². The summed E-state index contributed by atoms with van der Waals surface area (Å²) in [4.78, 5) is 24.0. The van der Waals surface area contributed by atoms with Crippen molar-refractivity contribution in [1.82, 2.24) is 5.32 Å². The van der Waals surface area contributed by atoms with Gasteiger partial charge in [0.2, 0.25) is 0 Å². The van der Waals surface area contributed by atoms with Crippen LogP contribution in [0.15, 0.2) is 36.4 Å². The smallest absolute Gasteiger partial charge is 0.343 e. The van der Waals surface area contributed by atoms with Gasteiger partial charge in [0, 0.05) is 12.1 Å². The molecule has 7 heteroatoms. The molecule has 0 saturated carbocycles. The molecule has 0 aliphatic rings. The van der Waals surface area contributed by atoms with Crippen LogP contribution in [0.4, 0.5) is 0 Å². The number of phenols is 1. The van der Waals surface area contributed by atoms with Crippen molar-refractivity contribution in [3.63, 3.8) is 0 Å². The van der Waals surface area contributed by atoms with E-state index in [9.17, 15) is 14.7 Å². The topological polar surface area (TPSA) is 84.9 Å². The van der Waals surface area contributed by atoms with Crippen LogP contribution in [0.5, 0.6) is 11.5 Å². The van der Waals surface area contributed by atoms with Crippen LogP contribution < -0.4 is 10.1 Å². The van der Waals surface area contributed by atoms with Crippen molar-refractivity contribution < 1.29 is 24.2 Å². The molecule has 2 aromatic rings. The van der Waals surface area contributed by atoms with Gasteiger partial charge in [0.25, 0.3) is 5.91 Å². The summed E-state index contributed by atoms with van der Waals surface area (Å²) in [5, 5.41) is 12.2. The Bertz CT molecular complexity index is 776. The number of rotatable bonds is 5. The van der Waals surface area contributed by atoms with Gasteiger partial charge in [-0.1, -0.05) is 23.7 Å². The second-order valence-corrected chi connectivity index (χ2v) is 5.29. The maximum Gasteiger partial charge on any atom is 0.343 e. The van der Waals surface area contributed by atoms with Gasteiger partial charge in [-0.25, -0.2) is 4.79 Å². The highest BCUT2D eigenvalue weighted by Gasteiger charge is 2.20. The van der Waals surface area contributed by atoms with Gasteiger partial charge in [0.05, 0.1) is 19.2 Å². The van der Waals surface area contributed by atoms with E-state index in [-0.39, 0.29) is 34.2 Å². The van der Waals surface area contributed by atoms with E-state index in [4.69, 9.17) is 16.3 Å². The highest BCUT2D eigenvalue weighted by atomic mass is 35.5. The Hall–Kier alpha value is -2.73. The molecule has 0 aliphatic carbocycles. The number of benzene rings is 2. The molecule has 0 unspecified atom stereocenters. The highest BCUT2D eigenvalue weighted by molar-refractivity contribution is 6.34. The van der Waals surface area contributed by atoms with Crippen LogP contribution >= 0.6 is 11.6 Å². The van der Waals surface area contributed by atoms with Crippen molar-refractivity contribution in [2.24, 2.45) is 0 Å². The number of halogens is 1. The zero-order valence-corrected chi connectivity index (χ0v) is 13.9. The third-order valence-corrected chi connectivity index (χ3v) is 3.59. The van der Waals surface area contributed by atoms with E-state index in [0.717, 1.165) is 5.56 Å².